The molecule has 3 nitrogen and oxygen atoms in total. The van der Waals surface area contributed by atoms with Crippen LogP contribution in [0, 0.1) is 5.41 Å². The Labute approximate surface area is 105 Å². The molecule has 0 saturated carbocycles. The molecule has 2 rings (SSSR count). The van der Waals surface area contributed by atoms with Crippen molar-refractivity contribution in [3.8, 4) is 5.75 Å². The lowest BCUT2D eigenvalue weighted by molar-refractivity contribution is -0.151. The highest BCUT2D eigenvalue weighted by Gasteiger charge is 2.42. The molecule has 1 atom stereocenters. The zero-order chi connectivity index (χ0) is 12.3. The van der Waals surface area contributed by atoms with Gasteiger partial charge in [0, 0.05) is 0 Å². The van der Waals surface area contributed by atoms with E-state index in [0.29, 0.717) is 12.8 Å². The molecule has 1 heterocycles. The highest BCUT2D eigenvalue weighted by Crippen LogP contribution is 2.37. The smallest absolute Gasteiger partial charge is 0.313 e. The Balaban J connectivity index is 2.24. The predicted octanol–water partition coefficient (Wildman–Crippen LogP) is 2.45. The zero-order valence-corrected chi connectivity index (χ0v) is 10.6. The molecule has 0 bridgehead atoms. The summed E-state index contributed by atoms with van der Waals surface area (Å²) in [7, 11) is 0. The van der Waals surface area contributed by atoms with Crippen molar-refractivity contribution >= 4 is 17.7 Å². The lowest BCUT2D eigenvalue weighted by atomic mass is 9.78. The summed E-state index contributed by atoms with van der Waals surface area (Å²) in [6.45, 7) is 0.278. The standard InChI is InChI=1S/C13H16O3S/c1-17-7-6-13(12(14)15)8-10-4-2-3-5-11(10)16-9-13/h2-5H,6-9H2,1H3,(H,14,15). The van der Waals surface area contributed by atoms with Gasteiger partial charge in [-0.15, -0.1) is 0 Å². The van der Waals surface area contributed by atoms with Gasteiger partial charge < -0.3 is 9.84 Å². The maximum atomic E-state index is 11.5. The largest absolute Gasteiger partial charge is 0.492 e. The molecule has 17 heavy (non-hydrogen) atoms. The average Bonchev–Trinajstić information content (AvgIpc) is 2.36. The summed E-state index contributed by atoms with van der Waals surface area (Å²) >= 11 is 1.67. The summed E-state index contributed by atoms with van der Waals surface area (Å²) in [6, 6.07) is 7.68. The number of para-hydroxylation sites is 1. The second-order valence-corrected chi connectivity index (χ2v) is 5.39. The number of carboxylic acids is 1. The van der Waals surface area contributed by atoms with E-state index in [1.807, 2.05) is 30.5 Å². The Morgan fingerprint density at radius 1 is 1.53 bits per heavy atom. The molecule has 0 fully saturated rings. The molecule has 0 amide bonds. The van der Waals surface area contributed by atoms with Crippen LogP contribution in [0.25, 0.3) is 0 Å². The molecular weight excluding hydrogens is 236 g/mol. The van der Waals surface area contributed by atoms with Crippen LogP contribution in [0.1, 0.15) is 12.0 Å². The highest BCUT2D eigenvalue weighted by atomic mass is 32.2. The number of carboxylic acid groups (broad SMARTS) is 1. The molecule has 1 aliphatic rings. The van der Waals surface area contributed by atoms with Crippen LogP contribution in [0.4, 0.5) is 0 Å². The molecule has 0 aromatic heterocycles. The van der Waals surface area contributed by atoms with Crippen molar-refractivity contribution in [3.05, 3.63) is 29.8 Å². The minimum absolute atomic E-state index is 0.278. The SMILES string of the molecule is CSCCC1(C(=O)O)COc2ccccc2C1. The van der Waals surface area contributed by atoms with Crippen molar-refractivity contribution in [2.75, 3.05) is 18.6 Å². The topological polar surface area (TPSA) is 46.5 Å². The van der Waals surface area contributed by atoms with Crippen molar-refractivity contribution in [1.29, 1.82) is 0 Å². The first-order valence-corrected chi connectivity index (χ1v) is 7.00. The van der Waals surface area contributed by atoms with Gasteiger partial charge in [0.1, 0.15) is 17.8 Å². The van der Waals surface area contributed by atoms with Crippen molar-refractivity contribution in [2.45, 2.75) is 12.8 Å². The van der Waals surface area contributed by atoms with Crippen molar-refractivity contribution < 1.29 is 14.6 Å². The fourth-order valence-corrected chi connectivity index (χ4v) is 2.72. The number of aliphatic carboxylic acids is 1. The average molecular weight is 252 g/mol. The van der Waals surface area contributed by atoms with Gasteiger partial charge in [0.05, 0.1) is 0 Å². The van der Waals surface area contributed by atoms with Crippen LogP contribution in [-0.4, -0.2) is 29.7 Å². The van der Waals surface area contributed by atoms with E-state index in [4.69, 9.17) is 4.74 Å². The highest BCUT2D eigenvalue weighted by molar-refractivity contribution is 7.98. The van der Waals surface area contributed by atoms with Gasteiger partial charge in [-0.2, -0.15) is 11.8 Å². The van der Waals surface area contributed by atoms with E-state index in [1.54, 1.807) is 11.8 Å². The lowest BCUT2D eigenvalue weighted by Gasteiger charge is -2.34. The van der Waals surface area contributed by atoms with Gasteiger partial charge in [-0.25, -0.2) is 0 Å². The predicted molar refractivity (Wildman–Crippen MR) is 68.7 cm³/mol. The second-order valence-electron chi connectivity index (χ2n) is 4.40. The van der Waals surface area contributed by atoms with Gasteiger partial charge in [-0.3, -0.25) is 4.79 Å². The Morgan fingerprint density at radius 3 is 3.00 bits per heavy atom. The first-order chi connectivity index (χ1) is 8.18. The third-order valence-electron chi connectivity index (χ3n) is 3.24. The number of hydrogen-bond donors (Lipinski definition) is 1. The fourth-order valence-electron chi connectivity index (χ4n) is 2.12. The zero-order valence-electron chi connectivity index (χ0n) is 9.81. The van der Waals surface area contributed by atoms with E-state index < -0.39 is 11.4 Å². The van der Waals surface area contributed by atoms with Gasteiger partial charge in [0.2, 0.25) is 0 Å². The van der Waals surface area contributed by atoms with Crippen LogP contribution in [0.5, 0.6) is 5.75 Å². The number of benzene rings is 1. The lowest BCUT2D eigenvalue weighted by Crippen LogP contribution is -2.42. The number of ether oxygens (including phenoxy) is 1. The summed E-state index contributed by atoms with van der Waals surface area (Å²) in [5.74, 6) is 0.923. The maximum absolute atomic E-state index is 11.5. The number of fused-ring (bicyclic) bond motifs is 1. The maximum Gasteiger partial charge on any atom is 0.313 e. The van der Waals surface area contributed by atoms with Gasteiger partial charge in [-0.05, 0) is 36.5 Å². The minimum Gasteiger partial charge on any atom is -0.492 e. The van der Waals surface area contributed by atoms with E-state index >= 15 is 0 Å². The first-order valence-electron chi connectivity index (χ1n) is 5.61. The molecule has 0 aliphatic carbocycles. The summed E-state index contributed by atoms with van der Waals surface area (Å²) < 4.78 is 5.61. The number of hydrogen-bond acceptors (Lipinski definition) is 3. The number of carbonyl (C=O) groups is 1. The van der Waals surface area contributed by atoms with Gasteiger partial charge >= 0.3 is 5.97 Å². The van der Waals surface area contributed by atoms with Crippen molar-refractivity contribution in [1.82, 2.24) is 0 Å². The Hall–Kier alpha value is -1.16. The van der Waals surface area contributed by atoms with Gasteiger partial charge in [-0.1, -0.05) is 18.2 Å². The van der Waals surface area contributed by atoms with Gasteiger partial charge in [0.15, 0.2) is 0 Å². The fraction of sp³-hybridized carbons (Fsp3) is 0.462. The molecule has 1 unspecified atom stereocenters. The first kappa shape index (κ1) is 12.3. The van der Waals surface area contributed by atoms with Crippen LogP contribution >= 0.6 is 11.8 Å². The van der Waals surface area contributed by atoms with Crippen LogP contribution in [0.2, 0.25) is 0 Å². The second kappa shape index (κ2) is 5.00. The van der Waals surface area contributed by atoms with E-state index in [0.717, 1.165) is 17.1 Å². The van der Waals surface area contributed by atoms with Crippen LogP contribution in [-0.2, 0) is 11.2 Å². The van der Waals surface area contributed by atoms with E-state index in [-0.39, 0.29) is 6.61 Å². The molecule has 1 aromatic rings. The molecular formula is C13H16O3S. The monoisotopic (exact) mass is 252 g/mol. The molecule has 4 heteroatoms. The molecule has 1 N–H and O–H groups in total. The Morgan fingerprint density at radius 2 is 2.29 bits per heavy atom. The van der Waals surface area contributed by atoms with E-state index in [2.05, 4.69) is 0 Å². The van der Waals surface area contributed by atoms with Crippen LogP contribution in [0.15, 0.2) is 24.3 Å². The molecule has 92 valence electrons. The molecule has 0 radical (unpaired) electrons. The van der Waals surface area contributed by atoms with Gasteiger partial charge in [0.25, 0.3) is 0 Å². The Bertz CT molecular complexity index is 419. The molecule has 1 aromatic carbocycles. The summed E-state index contributed by atoms with van der Waals surface area (Å²) in [5.41, 5.74) is 0.249. The normalized spacial score (nSPS) is 22.6. The number of thioether (sulfide) groups is 1. The summed E-state index contributed by atoms with van der Waals surface area (Å²) in [5, 5.41) is 9.45. The molecule has 0 spiro atoms. The molecule has 1 aliphatic heterocycles. The van der Waals surface area contributed by atoms with E-state index in [1.165, 1.54) is 0 Å². The Kier molecular flexibility index (Phi) is 3.62. The van der Waals surface area contributed by atoms with Crippen molar-refractivity contribution in [2.24, 2.45) is 5.41 Å². The van der Waals surface area contributed by atoms with Crippen LogP contribution < -0.4 is 4.74 Å². The minimum atomic E-state index is -0.753. The third-order valence-corrected chi connectivity index (χ3v) is 3.86. The van der Waals surface area contributed by atoms with Crippen LogP contribution in [0.3, 0.4) is 0 Å². The van der Waals surface area contributed by atoms with Crippen molar-refractivity contribution in [3.63, 3.8) is 0 Å². The quantitative estimate of drug-likeness (QED) is 0.894. The number of rotatable bonds is 4. The van der Waals surface area contributed by atoms with E-state index in [9.17, 15) is 9.90 Å². The molecule has 0 saturated heterocycles. The third kappa shape index (κ3) is 2.41. The summed E-state index contributed by atoms with van der Waals surface area (Å²) in [6.07, 6.45) is 3.21. The summed E-state index contributed by atoms with van der Waals surface area (Å²) in [4.78, 5) is 11.5.